The molecule has 21 N–H and O–H groups in total. The molecule has 0 spiro atoms. The van der Waals surface area contributed by atoms with Crippen LogP contribution < -0.4 is 0 Å². The summed E-state index contributed by atoms with van der Waals surface area (Å²) in [6.07, 6.45) is -30.6. The van der Waals surface area contributed by atoms with E-state index < -0.39 is 262 Å². The zero-order valence-electron chi connectivity index (χ0n) is 66.6. The smallest absolute Gasteiger partial charge is 0.187 e. The number of unbranched alkanes of at least 4 members (excludes halogenated alkanes) is 16. The van der Waals surface area contributed by atoms with E-state index in [1.165, 1.54) is 0 Å². The molecule has 6 fully saturated rings. The summed E-state index contributed by atoms with van der Waals surface area (Å²) in [4.78, 5) is 0. The van der Waals surface area contributed by atoms with Crippen molar-refractivity contribution < 1.29 is 178 Å². The van der Waals surface area contributed by atoms with Crippen molar-refractivity contribution in [2.45, 2.75) is 366 Å². The van der Waals surface area contributed by atoms with Crippen LogP contribution in [0.2, 0.25) is 0 Å². The first-order chi connectivity index (χ1) is 54.3. The summed E-state index contributed by atoms with van der Waals surface area (Å²) in [5.74, 6) is 0.0123. The van der Waals surface area contributed by atoms with E-state index in [2.05, 4.69) is 27.7 Å². The summed E-state index contributed by atoms with van der Waals surface area (Å²) in [5.41, 5.74) is -2.00. The maximum atomic E-state index is 12.0. The van der Waals surface area contributed by atoms with Crippen molar-refractivity contribution in [1.82, 2.24) is 0 Å². The predicted octanol–water partition coefficient (Wildman–Crippen LogP) is -2.76. The highest BCUT2D eigenvalue weighted by Crippen LogP contribution is 2.37. The molecule has 0 aromatic rings. The van der Waals surface area contributed by atoms with E-state index in [9.17, 15) is 107 Å². The Balaban J connectivity index is 1.39. The molecule has 0 saturated carbocycles. The molecule has 113 heavy (non-hydrogen) atoms. The molecule has 0 aromatic carbocycles. The number of ether oxygens (including phenoxy) is 15. The minimum atomic E-state index is -2.16. The van der Waals surface area contributed by atoms with E-state index in [-0.39, 0.29) is 31.7 Å². The number of aliphatic hydroxyl groups excluding tert-OH is 21. The number of hydrogen-bond acceptors (Lipinski definition) is 36. The van der Waals surface area contributed by atoms with Crippen LogP contribution in [-0.2, 0) is 71.1 Å². The maximum Gasteiger partial charge on any atom is 0.187 e. The zero-order chi connectivity index (χ0) is 82.7. The van der Waals surface area contributed by atoms with Crippen molar-refractivity contribution in [1.29, 1.82) is 0 Å². The molecule has 36 nitrogen and oxygen atoms in total. The fraction of sp³-hybridized carbons (Fsp3) is 1.00. The summed E-state index contributed by atoms with van der Waals surface area (Å²) in [6, 6.07) is 0. The third kappa shape index (κ3) is 30.2. The number of hydrogen-bond donors (Lipinski definition) is 21. The van der Waals surface area contributed by atoms with Gasteiger partial charge in [-0.2, -0.15) is 0 Å². The van der Waals surface area contributed by atoms with Crippen LogP contribution in [0.3, 0.4) is 0 Å². The molecule has 6 heterocycles. The van der Waals surface area contributed by atoms with Gasteiger partial charge in [-0.25, -0.2) is 0 Å². The van der Waals surface area contributed by atoms with E-state index in [0.717, 1.165) is 154 Å². The average Bonchev–Trinajstić information content (AvgIpc) is 0.789. The molecular formula is C77H144O36. The van der Waals surface area contributed by atoms with Crippen LogP contribution in [-0.4, -0.2) is 391 Å². The van der Waals surface area contributed by atoms with Gasteiger partial charge >= 0.3 is 0 Å². The molecule has 36 heteroatoms. The zero-order valence-corrected chi connectivity index (χ0v) is 66.6. The molecule has 0 bridgehead atoms. The van der Waals surface area contributed by atoms with Crippen molar-refractivity contribution in [3.8, 4) is 0 Å². The Hall–Kier alpha value is -1.44. The van der Waals surface area contributed by atoms with Gasteiger partial charge in [0.2, 0.25) is 0 Å². The van der Waals surface area contributed by atoms with Crippen LogP contribution in [0.15, 0.2) is 0 Å². The predicted molar refractivity (Wildman–Crippen MR) is 396 cm³/mol. The van der Waals surface area contributed by atoms with Gasteiger partial charge in [0.25, 0.3) is 0 Å². The Kier molecular flexibility index (Phi) is 47.5. The molecule has 0 radical (unpaired) electrons. The SMILES string of the molecule is CCCCCCCC(CCCCCCC)COCC(COCC(CCCCCCC)CCCCCCC)COCC(CO[C@@H]1OC(CO)[C@@H](O[C@H]2OC(CO)[C@@H](O)[C@H](O)C2O)[C@H](O)C1O)(CO[C@@H]1OC(CO)[C@@H](O[C@@H]2OC(CO)[C@@H](O)C(O)[C@@H]2O)[C@H](O)C1O)CO[C@@H]1OC(CO)[C@H](O[C@H]2OC(CO)[C@@H](O)[C@H](O)C2O)[C@H](O)C1O. The van der Waals surface area contributed by atoms with Crippen LogP contribution in [0.25, 0.3) is 0 Å². The topological polar surface area (TPSA) is 563 Å². The van der Waals surface area contributed by atoms with Gasteiger partial charge in [0.15, 0.2) is 37.7 Å². The van der Waals surface area contributed by atoms with Gasteiger partial charge in [-0.15, -0.1) is 0 Å². The van der Waals surface area contributed by atoms with Crippen molar-refractivity contribution in [3.63, 3.8) is 0 Å². The molecule has 668 valence electrons. The lowest BCUT2D eigenvalue weighted by Crippen LogP contribution is -2.65. The molecule has 6 saturated heterocycles. The van der Waals surface area contributed by atoms with Crippen molar-refractivity contribution in [3.05, 3.63) is 0 Å². The Morgan fingerprint density at radius 3 is 0.726 bits per heavy atom. The summed E-state index contributed by atoms with van der Waals surface area (Å²) >= 11 is 0. The molecule has 31 atom stereocenters. The van der Waals surface area contributed by atoms with Gasteiger partial charge in [0.1, 0.15) is 146 Å². The van der Waals surface area contributed by atoms with Crippen molar-refractivity contribution in [2.24, 2.45) is 23.2 Å². The Morgan fingerprint density at radius 2 is 0.469 bits per heavy atom. The van der Waals surface area contributed by atoms with Crippen LogP contribution >= 0.6 is 0 Å². The maximum absolute atomic E-state index is 12.0. The summed E-state index contributed by atoms with van der Waals surface area (Å²) in [5, 5.41) is 230. The lowest BCUT2D eigenvalue weighted by atomic mass is 9.91. The Bertz CT molecular complexity index is 2160. The third-order valence-corrected chi connectivity index (χ3v) is 22.6. The van der Waals surface area contributed by atoms with E-state index in [1.807, 2.05) is 0 Å². The largest absolute Gasteiger partial charge is 0.394 e. The standard InChI is InChI=1S/C77H144O36/c1-5-9-13-17-21-25-44(26-22-18-14-10-6-2)35-99-37-46(38-100-36-45(27-23-19-15-11-7-3)28-24-20-16-12-8-4)39-101-40-77(41-102-71-65(96)59(90)68(50(32-81)108-71)111-74-62(93)56(87)53(84)47(29-78)105-74,42-103-72-66(97)60(91)69(51(33-82)109-72)112-75-63(94)57(88)54(85)48(30-79)106-75)43-104-73-67(98)61(92)70(52(34-83)110-73)113-76-64(95)58(89)55(86)49(31-80)107-76/h44-76,78-98H,5-43H2,1-4H3/t47?,48?,49?,50?,51?,52?,53-,54-,55-,56+,57+,58?,59-,60-,61-,62?,63?,64+,65?,66?,67?,68-,69+,70-,71-,72-,73-,74-,75-,76+,77?/m1/s1. The second-order valence-corrected chi connectivity index (χ2v) is 31.9. The molecule has 6 rings (SSSR count). The van der Waals surface area contributed by atoms with Gasteiger partial charge in [-0.3, -0.25) is 0 Å². The van der Waals surface area contributed by atoms with Gasteiger partial charge in [0, 0.05) is 19.1 Å². The molecular weight excluding hydrogens is 1500 g/mol. The van der Waals surface area contributed by atoms with Crippen LogP contribution in [0.1, 0.15) is 182 Å². The van der Waals surface area contributed by atoms with Gasteiger partial charge in [0.05, 0.1) is 91.3 Å². The lowest BCUT2D eigenvalue weighted by Gasteiger charge is -2.47. The highest BCUT2D eigenvalue weighted by atomic mass is 16.8. The highest BCUT2D eigenvalue weighted by Gasteiger charge is 2.56. The first-order valence-electron chi connectivity index (χ1n) is 41.7. The molecule has 0 amide bonds. The Labute approximate surface area is 664 Å². The lowest BCUT2D eigenvalue weighted by molar-refractivity contribution is -0.370. The molecule has 0 aliphatic carbocycles. The number of aliphatic hydroxyl groups is 21. The second kappa shape index (κ2) is 53.5. The quantitative estimate of drug-likeness (QED) is 0.0274. The molecule has 6 aliphatic rings. The fourth-order valence-corrected chi connectivity index (χ4v) is 15.3. The van der Waals surface area contributed by atoms with Gasteiger partial charge in [-0.1, -0.05) is 156 Å². The fourth-order valence-electron chi connectivity index (χ4n) is 15.3. The van der Waals surface area contributed by atoms with Crippen LogP contribution in [0.4, 0.5) is 0 Å². The average molecular weight is 1650 g/mol. The first-order valence-corrected chi connectivity index (χ1v) is 41.7. The minimum absolute atomic E-state index is 0.139. The summed E-state index contributed by atoms with van der Waals surface area (Å²) in [6.45, 7) is 1.12. The van der Waals surface area contributed by atoms with Gasteiger partial charge < -0.3 is 178 Å². The molecule has 0 aromatic heterocycles. The van der Waals surface area contributed by atoms with Crippen molar-refractivity contribution in [2.75, 3.05) is 99.1 Å². The summed E-state index contributed by atoms with van der Waals surface area (Å²) < 4.78 is 91.7. The molecule has 13 unspecified atom stereocenters. The normalized spacial score (nSPS) is 37.3. The number of rotatable bonds is 57. The third-order valence-electron chi connectivity index (χ3n) is 22.6. The molecule has 6 aliphatic heterocycles. The monoisotopic (exact) mass is 1640 g/mol. The van der Waals surface area contributed by atoms with E-state index in [1.54, 1.807) is 0 Å². The van der Waals surface area contributed by atoms with Crippen LogP contribution in [0.5, 0.6) is 0 Å². The first kappa shape index (κ1) is 100. The summed E-state index contributed by atoms with van der Waals surface area (Å²) in [7, 11) is 0. The van der Waals surface area contributed by atoms with E-state index >= 15 is 0 Å². The van der Waals surface area contributed by atoms with E-state index in [4.69, 9.17) is 71.1 Å². The highest BCUT2D eigenvalue weighted by molar-refractivity contribution is 4.99. The second-order valence-electron chi connectivity index (χ2n) is 31.9. The Morgan fingerprint density at radius 1 is 0.239 bits per heavy atom. The van der Waals surface area contributed by atoms with Crippen molar-refractivity contribution >= 4 is 0 Å². The van der Waals surface area contributed by atoms with Gasteiger partial charge in [-0.05, 0) is 37.5 Å². The minimum Gasteiger partial charge on any atom is -0.394 e. The van der Waals surface area contributed by atoms with Crippen LogP contribution in [0, 0.1) is 23.2 Å². The van der Waals surface area contributed by atoms with E-state index in [0.29, 0.717) is 13.2 Å².